The third-order valence-electron chi connectivity index (χ3n) is 10.1. The fourth-order valence-corrected chi connectivity index (χ4v) is 7.28. The molecule has 0 unspecified atom stereocenters. The van der Waals surface area contributed by atoms with E-state index in [1.807, 2.05) is 6.92 Å². The van der Waals surface area contributed by atoms with Gasteiger partial charge in [-0.25, -0.2) is 0 Å². The van der Waals surface area contributed by atoms with Crippen LogP contribution in [0.25, 0.3) is 0 Å². The predicted molar refractivity (Wildman–Crippen MR) is 155 cm³/mol. The molecule has 2 N–H and O–H groups in total. The van der Waals surface area contributed by atoms with Gasteiger partial charge in [-0.15, -0.1) is 0 Å². The fraction of sp³-hybridized carbons (Fsp3) is 0.719. The second-order valence-electron chi connectivity index (χ2n) is 13.0. The molecule has 0 radical (unpaired) electrons. The zero-order chi connectivity index (χ0) is 30.1. The summed E-state index contributed by atoms with van der Waals surface area (Å²) in [5.41, 5.74) is 0.697. The number of rotatable bonds is 11. The summed E-state index contributed by atoms with van der Waals surface area (Å²) in [5, 5.41) is 6.28. The minimum atomic E-state index is -0.662. The molecule has 4 atom stereocenters. The number of carbonyl (C=O) groups excluding carboxylic acids is 3. The molecule has 4 aliphatic rings. The molecule has 42 heavy (non-hydrogen) atoms. The minimum Gasteiger partial charge on any atom is -0.496 e. The molecule has 232 valence electrons. The Bertz CT molecular complexity index is 1170. The van der Waals surface area contributed by atoms with Crippen molar-refractivity contribution in [2.75, 3.05) is 34.5 Å². The molecule has 2 heterocycles. The lowest BCUT2D eigenvalue weighted by atomic mass is 9.70. The van der Waals surface area contributed by atoms with Gasteiger partial charge in [-0.2, -0.15) is 0 Å². The molecule has 4 fully saturated rings. The molecule has 0 spiro atoms. The first-order chi connectivity index (χ1) is 20.1. The van der Waals surface area contributed by atoms with Crippen molar-refractivity contribution in [3.05, 3.63) is 23.3 Å². The Morgan fingerprint density at radius 1 is 0.976 bits per heavy atom. The number of methoxy groups -OCH3 is 3. The van der Waals surface area contributed by atoms with E-state index in [4.69, 9.17) is 23.7 Å². The Morgan fingerprint density at radius 3 is 2.31 bits per heavy atom. The van der Waals surface area contributed by atoms with Gasteiger partial charge in [-0.3, -0.25) is 14.4 Å². The molecule has 2 aliphatic heterocycles. The fourth-order valence-electron chi connectivity index (χ4n) is 7.28. The van der Waals surface area contributed by atoms with Crippen molar-refractivity contribution in [1.82, 2.24) is 10.6 Å². The quantitative estimate of drug-likeness (QED) is 0.377. The average Bonchev–Trinajstić information content (AvgIpc) is 3.58. The molecule has 10 heteroatoms. The summed E-state index contributed by atoms with van der Waals surface area (Å²) in [5.74, 6) is -0.0159. The van der Waals surface area contributed by atoms with Crippen LogP contribution in [-0.4, -0.2) is 76.6 Å². The Balaban J connectivity index is 1.27. The van der Waals surface area contributed by atoms with E-state index in [1.165, 1.54) is 20.6 Å². The largest absolute Gasteiger partial charge is 0.496 e. The number of aryl methyl sites for hydroxylation is 1. The SMILES string of the molecule is COC[C@]1(C(=O)OC)CC[C@@H](Oc2cc(C(=O)N[C@H]3[C@@H](C(=O)NCC4(C)CCC4)[C@H]4CC[C@@H]3O4)c(OC)cc2C)CC1. The standard InChI is InChI=1S/C32H46N2O8/c1-19-15-25(39-4)21(16-24(19)41-20-9-13-32(14-10-20,18-38-3)30(37)40-5)28(35)34-27-23-8-7-22(42-23)26(27)29(36)33-17-31(2)11-6-12-31/h15-16,20,22-23,26-27H,6-14,17-18H2,1-5H3,(H,33,36)(H,34,35)/t20-,22-,23+,26+,27-,32+/m1/s1. The predicted octanol–water partition coefficient (Wildman–Crippen LogP) is 3.71. The monoisotopic (exact) mass is 586 g/mol. The van der Waals surface area contributed by atoms with Crippen molar-refractivity contribution < 1.29 is 38.1 Å². The normalized spacial score (nSPS) is 31.1. The maximum absolute atomic E-state index is 13.7. The molecule has 2 aliphatic carbocycles. The van der Waals surface area contributed by atoms with Gasteiger partial charge in [0.1, 0.15) is 11.5 Å². The summed E-state index contributed by atoms with van der Waals surface area (Å²) >= 11 is 0. The molecule has 0 aromatic heterocycles. The summed E-state index contributed by atoms with van der Waals surface area (Å²) < 4.78 is 28.5. The highest BCUT2D eigenvalue weighted by atomic mass is 16.5. The van der Waals surface area contributed by atoms with Crippen molar-refractivity contribution in [1.29, 1.82) is 0 Å². The third kappa shape index (κ3) is 5.97. The lowest BCUT2D eigenvalue weighted by Crippen LogP contribution is -2.53. The number of hydrogen-bond donors (Lipinski definition) is 2. The van der Waals surface area contributed by atoms with Crippen LogP contribution in [0.15, 0.2) is 12.1 Å². The van der Waals surface area contributed by atoms with E-state index in [0.717, 1.165) is 31.2 Å². The van der Waals surface area contributed by atoms with Crippen molar-refractivity contribution in [2.45, 2.75) is 96.0 Å². The van der Waals surface area contributed by atoms with Crippen molar-refractivity contribution >= 4 is 17.8 Å². The van der Waals surface area contributed by atoms with Gasteiger partial charge in [0.05, 0.1) is 62.1 Å². The van der Waals surface area contributed by atoms with Gasteiger partial charge in [0.25, 0.3) is 5.91 Å². The van der Waals surface area contributed by atoms with Crippen LogP contribution in [0, 0.1) is 23.7 Å². The van der Waals surface area contributed by atoms with Crippen LogP contribution in [0.5, 0.6) is 11.5 Å². The number of ether oxygens (including phenoxy) is 5. The van der Waals surface area contributed by atoms with E-state index in [9.17, 15) is 14.4 Å². The highest BCUT2D eigenvalue weighted by Crippen LogP contribution is 2.43. The first-order valence-corrected chi connectivity index (χ1v) is 15.3. The Kier molecular flexibility index (Phi) is 9.04. The van der Waals surface area contributed by atoms with E-state index in [2.05, 4.69) is 17.6 Å². The maximum Gasteiger partial charge on any atom is 0.314 e. The lowest BCUT2D eigenvalue weighted by Gasteiger charge is -2.39. The van der Waals surface area contributed by atoms with Gasteiger partial charge in [-0.05, 0) is 81.4 Å². The molecular weight excluding hydrogens is 540 g/mol. The Labute approximate surface area is 248 Å². The van der Waals surface area contributed by atoms with Crippen LogP contribution in [0.3, 0.4) is 0 Å². The van der Waals surface area contributed by atoms with Gasteiger partial charge in [0.2, 0.25) is 5.91 Å². The summed E-state index contributed by atoms with van der Waals surface area (Å²) in [4.78, 5) is 39.5. The topological polar surface area (TPSA) is 121 Å². The molecule has 2 saturated carbocycles. The van der Waals surface area contributed by atoms with E-state index >= 15 is 0 Å². The van der Waals surface area contributed by atoms with Gasteiger partial charge in [-0.1, -0.05) is 13.3 Å². The Morgan fingerprint density at radius 2 is 1.69 bits per heavy atom. The van der Waals surface area contributed by atoms with Crippen molar-refractivity contribution in [3.63, 3.8) is 0 Å². The van der Waals surface area contributed by atoms with Gasteiger partial charge >= 0.3 is 5.97 Å². The first kappa shape index (κ1) is 30.6. The van der Waals surface area contributed by atoms with E-state index in [1.54, 1.807) is 19.2 Å². The smallest absolute Gasteiger partial charge is 0.314 e. The summed E-state index contributed by atoms with van der Waals surface area (Å²) in [6, 6.07) is 3.12. The second-order valence-corrected chi connectivity index (χ2v) is 13.0. The molecule has 1 aromatic carbocycles. The zero-order valence-corrected chi connectivity index (χ0v) is 25.6. The molecular formula is C32H46N2O8. The molecule has 5 rings (SSSR count). The number of benzene rings is 1. The number of carbonyl (C=O) groups is 3. The summed E-state index contributed by atoms with van der Waals surface area (Å²) in [6.07, 6.45) is 7.09. The van der Waals surface area contributed by atoms with Crippen molar-refractivity contribution in [2.24, 2.45) is 16.7 Å². The number of hydrogen-bond acceptors (Lipinski definition) is 8. The van der Waals surface area contributed by atoms with Gasteiger partial charge in [0.15, 0.2) is 0 Å². The highest BCUT2D eigenvalue weighted by molar-refractivity contribution is 5.98. The minimum absolute atomic E-state index is 0.0469. The van der Waals surface area contributed by atoms with E-state index in [-0.39, 0.29) is 41.5 Å². The number of nitrogens with one attached hydrogen (secondary N) is 2. The molecule has 2 saturated heterocycles. The number of esters is 1. The van der Waals surface area contributed by atoms with Crippen LogP contribution in [0.1, 0.15) is 80.6 Å². The number of amides is 2. The van der Waals surface area contributed by atoms with Crippen LogP contribution in [-0.2, 0) is 23.8 Å². The van der Waals surface area contributed by atoms with Gasteiger partial charge in [0, 0.05) is 13.7 Å². The van der Waals surface area contributed by atoms with E-state index in [0.29, 0.717) is 55.9 Å². The first-order valence-electron chi connectivity index (χ1n) is 15.3. The summed E-state index contributed by atoms with van der Waals surface area (Å²) in [6.45, 7) is 5.08. The van der Waals surface area contributed by atoms with Crippen molar-refractivity contribution in [3.8, 4) is 11.5 Å². The van der Waals surface area contributed by atoms with Gasteiger partial charge < -0.3 is 34.3 Å². The summed E-state index contributed by atoms with van der Waals surface area (Å²) in [7, 11) is 4.53. The third-order valence-corrected chi connectivity index (χ3v) is 10.1. The van der Waals surface area contributed by atoms with Crippen LogP contribution >= 0.6 is 0 Å². The maximum atomic E-state index is 13.7. The second kappa shape index (κ2) is 12.4. The van der Waals surface area contributed by atoms with Crippen LogP contribution in [0.2, 0.25) is 0 Å². The zero-order valence-electron chi connectivity index (χ0n) is 25.6. The molecule has 1 aromatic rings. The average molecular weight is 587 g/mol. The Hall–Kier alpha value is -2.85. The lowest BCUT2D eigenvalue weighted by molar-refractivity contribution is -0.160. The molecule has 10 nitrogen and oxygen atoms in total. The number of fused-ring (bicyclic) bond motifs is 2. The molecule has 2 bridgehead atoms. The van der Waals surface area contributed by atoms with Crippen LogP contribution in [0.4, 0.5) is 0 Å². The van der Waals surface area contributed by atoms with Crippen LogP contribution < -0.4 is 20.1 Å². The highest BCUT2D eigenvalue weighted by Gasteiger charge is 2.53. The van der Waals surface area contributed by atoms with E-state index < -0.39 is 17.4 Å². The molecule has 2 amide bonds.